The van der Waals surface area contributed by atoms with Gasteiger partial charge in [0.15, 0.2) is 18.3 Å². The molecule has 1 heterocycles. The summed E-state index contributed by atoms with van der Waals surface area (Å²) in [7, 11) is 0. The molecule has 0 bridgehead atoms. The number of nitrogens with zero attached hydrogens (tertiary/aromatic N) is 3. The highest BCUT2D eigenvalue weighted by Crippen LogP contribution is 2.15. The van der Waals surface area contributed by atoms with Crippen LogP contribution in [0.4, 0.5) is 0 Å². The first kappa shape index (κ1) is 16.4. The van der Waals surface area contributed by atoms with Gasteiger partial charge in [-0.25, -0.2) is 0 Å². The van der Waals surface area contributed by atoms with Gasteiger partial charge in [-0.2, -0.15) is 15.1 Å². The molecule has 0 N–H and O–H groups in total. The van der Waals surface area contributed by atoms with Gasteiger partial charge in [-0.1, -0.05) is 11.6 Å². The fourth-order valence-electron chi connectivity index (χ4n) is 2.03. The second-order valence-electron chi connectivity index (χ2n) is 4.91. The lowest BCUT2D eigenvalue weighted by molar-refractivity contribution is -0.577. The van der Waals surface area contributed by atoms with Gasteiger partial charge in [0, 0.05) is 28.3 Å². The van der Waals surface area contributed by atoms with E-state index < -0.39 is 5.92 Å². The number of ketones is 1. The standard InChI is InChI=1S/C18H13ClN3O/c1-13-3-2-8-22(12-13)17(9-14(10-20)11-21)18(23)15-4-6-16(19)7-5-15/h2-9,12,14H,1H3/q+1/b17-9-. The number of halogens is 1. The molecule has 0 aliphatic carbocycles. The molecule has 0 aliphatic heterocycles. The molecule has 2 rings (SSSR count). The Kier molecular flexibility index (Phi) is 5.25. The van der Waals surface area contributed by atoms with E-state index in [-0.39, 0.29) is 11.5 Å². The summed E-state index contributed by atoms with van der Waals surface area (Å²) in [4.78, 5) is 12.8. The third-order valence-corrected chi connectivity index (χ3v) is 3.42. The topological polar surface area (TPSA) is 68.5 Å². The Labute approximate surface area is 139 Å². The molecular weight excluding hydrogens is 310 g/mol. The molecule has 1 aromatic heterocycles. The molecule has 0 unspecified atom stereocenters. The first-order chi connectivity index (χ1) is 11.0. The number of hydrogen-bond donors (Lipinski definition) is 0. The molecule has 1 aromatic carbocycles. The average molecular weight is 323 g/mol. The number of nitriles is 2. The summed E-state index contributed by atoms with van der Waals surface area (Å²) in [6, 6.07) is 13.9. The predicted molar refractivity (Wildman–Crippen MR) is 86.1 cm³/mol. The Morgan fingerprint density at radius 3 is 2.43 bits per heavy atom. The highest BCUT2D eigenvalue weighted by molar-refractivity contribution is 6.31. The first-order valence-corrected chi connectivity index (χ1v) is 7.22. The van der Waals surface area contributed by atoms with E-state index in [1.54, 1.807) is 47.3 Å². The highest BCUT2D eigenvalue weighted by Gasteiger charge is 2.24. The summed E-state index contributed by atoms with van der Waals surface area (Å²) in [5, 5.41) is 18.5. The lowest BCUT2D eigenvalue weighted by Gasteiger charge is -2.03. The minimum atomic E-state index is -1.01. The van der Waals surface area contributed by atoms with Crippen LogP contribution in [-0.4, -0.2) is 5.78 Å². The minimum Gasteiger partial charge on any atom is -0.282 e. The van der Waals surface area contributed by atoms with Gasteiger partial charge in [-0.3, -0.25) is 4.79 Å². The molecule has 0 amide bonds. The lowest BCUT2D eigenvalue weighted by atomic mass is 10.0. The Hall–Kier alpha value is -2.95. The molecule has 112 valence electrons. The van der Waals surface area contributed by atoms with E-state index >= 15 is 0 Å². The fourth-order valence-corrected chi connectivity index (χ4v) is 2.16. The van der Waals surface area contributed by atoms with E-state index in [0.29, 0.717) is 10.6 Å². The predicted octanol–water partition coefficient (Wildman–Crippen LogP) is 3.32. The number of Topliss-reactive ketones (excluding diaryl/α,β-unsaturated/α-hetero) is 1. The molecule has 0 radical (unpaired) electrons. The quantitative estimate of drug-likeness (QED) is 0.492. The molecule has 5 heteroatoms. The number of carbonyl (C=O) groups excluding carboxylic acids is 1. The first-order valence-electron chi connectivity index (χ1n) is 6.85. The molecule has 0 atom stereocenters. The van der Waals surface area contributed by atoms with Gasteiger partial charge >= 0.3 is 0 Å². The van der Waals surface area contributed by atoms with Crippen molar-refractivity contribution in [3.8, 4) is 12.1 Å². The Balaban J connectivity index is 2.54. The average Bonchev–Trinajstić information content (AvgIpc) is 2.56. The number of carbonyl (C=O) groups is 1. The van der Waals surface area contributed by atoms with Gasteiger partial charge in [-0.15, -0.1) is 0 Å². The minimum absolute atomic E-state index is 0.254. The number of aryl methyl sites for hydroxylation is 1. The maximum absolute atomic E-state index is 12.8. The van der Waals surface area contributed by atoms with E-state index in [1.165, 1.54) is 6.08 Å². The Bertz CT molecular complexity index is 828. The number of rotatable bonds is 4. The summed E-state index contributed by atoms with van der Waals surface area (Å²) in [6.07, 6.45) is 4.85. The van der Waals surface area contributed by atoms with Crippen molar-refractivity contribution < 1.29 is 9.36 Å². The third-order valence-electron chi connectivity index (χ3n) is 3.17. The number of hydrogen-bond acceptors (Lipinski definition) is 3. The third kappa shape index (κ3) is 4.03. The molecule has 4 nitrogen and oxygen atoms in total. The fraction of sp³-hybridized carbons (Fsp3) is 0.111. The van der Waals surface area contributed by atoms with Crippen LogP contribution < -0.4 is 4.57 Å². The lowest BCUT2D eigenvalue weighted by Crippen LogP contribution is -2.36. The van der Waals surface area contributed by atoms with Gasteiger partial charge < -0.3 is 0 Å². The van der Waals surface area contributed by atoms with E-state index in [2.05, 4.69) is 0 Å². The van der Waals surface area contributed by atoms with E-state index in [9.17, 15) is 4.79 Å². The van der Waals surface area contributed by atoms with E-state index in [0.717, 1.165) is 5.56 Å². The smallest absolute Gasteiger partial charge is 0.257 e. The van der Waals surface area contributed by atoms with Gasteiger partial charge in [0.05, 0.1) is 12.1 Å². The van der Waals surface area contributed by atoms with Crippen LogP contribution in [0.5, 0.6) is 0 Å². The SMILES string of the molecule is Cc1ccc[n+](/C(=C\C(C#N)C#N)C(=O)c2ccc(Cl)cc2)c1. The maximum atomic E-state index is 12.8. The molecule has 0 saturated carbocycles. The summed E-state index contributed by atoms with van der Waals surface area (Å²) >= 11 is 5.85. The second-order valence-corrected chi connectivity index (χ2v) is 5.35. The van der Waals surface area contributed by atoms with Crippen molar-refractivity contribution in [2.24, 2.45) is 5.92 Å². The van der Waals surface area contributed by atoms with Gasteiger partial charge in [-0.05, 0) is 37.3 Å². The number of allylic oxidation sites excluding steroid dienone is 2. The van der Waals surface area contributed by atoms with Crippen molar-refractivity contribution in [3.63, 3.8) is 0 Å². The van der Waals surface area contributed by atoms with Crippen molar-refractivity contribution in [2.75, 3.05) is 0 Å². The van der Waals surface area contributed by atoms with E-state index in [4.69, 9.17) is 22.1 Å². The summed E-state index contributed by atoms with van der Waals surface area (Å²) < 4.78 is 1.62. The molecule has 2 aromatic rings. The molecule has 0 saturated heterocycles. The molecule has 0 spiro atoms. The van der Waals surface area contributed by atoms with Crippen LogP contribution >= 0.6 is 11.6 Å². The summed E-state index contributed by atoms with van der Waals surface area (Å²) in [6.45, 7) is 1.90. The number of pyridine rings is 1. The molecule has 0 aliphatic rings. The van der Waals surface area contributed by atoms with Crippen molar-refractivity contribution in [1.82, 2.24) is 0 Å². The van der Waals surface area contributed by atoms with Gasteiger partial charge in [0.2, 0.25) is 0 Å². The van der Waals surface area contributed by atoms with Gasteiger partial charge in [0.25, 0.3) is 11.5 Å². The largest absolute Gasteiger partial charge is 0.282 e. The second kappa shape index (κ2) is 7.35. The zero-order valence-electron chi connectivity index (χ0n) is 12.4. The van der Waals surface area contributed by atoms with Crippen molar-refractivity contribution in [3.05, 3.63) is 71.0 Å². The van der Waals surface area contributed by atoms with Crippen LogP contribution in [0.2, 0.25) is 5.02 Å². The van der Waals surface area contributed by atoms with Crippen LogP contribution in [0.3, 0.4) is 0 Å². The van der Waals surface area contributed by atoms with Crippen LogP contribution in [0, 0.1) is 35.5 Å². The van der Waals surface area contributed by atoms with Crippen LogP contribution in [0.1, 0.15) is 15.9 Å². The van der Waals surface area contributed by atoms with Crippen LogP contribution in [0.25, 0.3) is 5.70 Å². The highest BCUT2D eigenvalue weighted by atomic mass is 35.5. The Morgan fingerprint density at radius 1 is 1.22 bits per heavy atom. The van der Waals surface area contributed by atoms with Crippen molar-refractivity contribution >= 4 is 23.1 Å². The van der Waals surface area contributed by atoms with E-state index in [1.807, 2.05) is 25.1 Å². The van der Waals surface area contributed by atoms with Crippen molar-refractivity contribution in [2.45, 2.75) is 6.92 Å². The zero-order valence-corrected chi connectivity index (χ0v) is 13.2. The molecule has 0 fully saturated rings. The number of benzene rings is 1. The monoisotopic (exact) mass is 322 g/mol. The van der Waals surface area contributed by atoms with Crippen LogP contribution in [-0.2, 0) is 0 Å². The molecular formula is C18H13ClN3O+. The zero-order chi connectivity index (χ0) is 16.8. The van der Waals surface area contributed by atoms with Crippen molar-refractivity contribution in [1.29, 1.82) is 10.5 Å². The maximum Gasteiger partial charge on any atom is 0.257 e. The normalized spacial score (nSPS) is 10.9. The Morgan fingerprint density at radius 2 is 1.87 bits per heavy atom. The summed E-state index contributed by atoms with van der Waals surface area (Å²) in [5.41, 5.74) is 1.64. The van der Waals surface area contributed by atoms with Gasteiger partial charge in [0.1, 0.15) is 0 Å². The summed E-state index contributed by atoms with van der Waals surface area (Å²) in [5.74, 6) is -1.29. The molecule has 23 heavy (non-hydrogen) atoms. The van der Waals surface area contributed by atoms with Crippen LogP contribution in [0.15, 0.2) is 54.9 Å². The number of aromatic nitrogens is 1.